The summed E-state index contributed by atoms with van der Waals surface area (Å²) in [6.45, 7) is 4.98. The maximum absolute atomic E-state index is 11.3. The molecule has 0 spiro atoms. The van der Waals surface area contributed by atoms with Gasteiger partial charge < -0.3 is 14.8 Å². The summed E-state index contributed by atoms with van der Waals surface area (Å²) in [5, 5.41) is 14.6. The van der Waals surface area contributed by atoms with Crippen LogP contribution in [0.25, 0.3) is 0 Å². The van der Waals surface area contributed by atoms with Crippen LogP contribution in [0.15, 0.2) is 12.1 Å². The third kappa shape index (κ3) is 4.60. The zero-order valence-electron chi connectivity index (χ0n) is 13.1. The highest BCUT2D eigenvalue weighted by Gasteiger charge is 2.21. The number of methoxy groups -OCH3 is 2. The highest BCUT2D eigenvalue weighted by Crippen LogP contribution is 2.35. The largest absolute Gasteiger partial charge is 0.493 e. The molecular formula is C15H24N2O4. The quantitative estimate of drug-likeness (QED) is 0.560. The molecule has 0 saturated carbocycles. The molecule has 0 radical (unpaired) electrons. The van der Waals surface area contributed by atoms with E-state index < -0.39 is 0 Å². The molecular weight excluding hydrogens is 272 g/mol. The summed E-state index contributed by atoms with van der Waals surface area (Å²) < 4.78 is 10.4. The van der Waals surface area contributed by atoms with E-state index in [1.807, 2.05) is 6.92 Å². The number of benzene rings is 1. The second-order valence-corrected chi connectivity index (χ2v) is 4.84. The van der Waals surface area contributed by atoms with Gasteiger partial charge in [-0.2, -0.15) is 0 Å². The first-order valence-electron chi connectivity index (χ1n) is 7.19. The predicted molar refractivity (Wildman–Crippen MR) is 82.3 cm³/mol. The fraction of sp³-hybridized carbons (Fsp3) is 0.600. The Morgan fingerprint density at radius 3 is 2.33 bits per heavy atom. The number of nitrogens with zero attached hydrogens (tertiary/aromatic N) is 1. The van der Waals surface area contributed by atoms with Gasteiger partial charge in [0.25, 0.3) is 5.69 Å². The number of nitro groups is 1. The number of hydrogen-bond acceptors (Lipinski definition) is 5. The van der Waals surface area contributed by atoms with Gasteiger partial charge in [0.2, 0.25) is 0 Å². The van der Waals surface area contributed by atoms with Crippen LogP contribution in [-0.4, -0.2) is 31.7 Å². The molecule has 0 aromatic heterocycles. The summed E-state index contributed by atoms with van der Waals surface area (Å²) in [5.41, 5.74) is 0.740. The van der Waals surface area contributed by atoms with Crippen LogP contribution in [0, 0.1) is 10.1 Å². The molecule has 0 aliphatic heterocycles. The third-order valence-corrected chi connectivity index (χ3v) is 3.38. The van der Waals surface area contributed by atoms with Gasteiger partial charge in [0.15, 0.2) is 11.5 Å². The lowest BCUT2D eigenvalue weighted by Gasteiger charge is -2.18. The highest BCUT2D eigenvalue weighted by molar-refractivity contribution is 5.54. The molecule has 0 amide bonds. The molecule has 0 saturated heterocycles. The minimum atomic E-state index is -0.369. The van der Waals surface area contributed by atoms with Crippen LogP contribution >= 0.6 is 0 Å². The Morgan fingerprint density at radius 1 is 1.24 bits per heavy atom. The lowest BCUT2D eigenvalue weighted by molar-refractivity contribution is -0.385. The molecule has 118 valence electrons. The van der Waals surface area contributed by atoms with E-state index in [2.05, 4.69) is 12.2 Å². The number of likely N-dealkylation sites (N-methyl/N-ethyl adjacent to an activating group) is 1. The summed E-state index contributed by atoms with van der Waals surface area (Å²) in [6, 6.07) is 3.36. The summed E-state index contributed by atoms with van der Waals surface area (Å²) in [6.07, 6.45) is 2.59. The van der Waals surface area contributed by atoms with Crippen LogP contribution in [0.5, 0.6) is 11.5 Å². The van der Waals surface area contributed by atoms with Crippen LogP contribution < -0.4 is 14.8 Å². The average molecular weight is 296 g/mol. The maximum Gasteiger partial charge on any atom is 0.276 e. The van der Waals surface area contributed by atoms with Crippen LogP contribution in [0.4, 0.5) is 5.69 Å². The van der Waals surface area contributed by atoms with Gasteiger partial charge in [0.1, 0.15) is 0 Å². The summed E-state index contributed by atoms with van der Waals surface area (Å²) in [5.74, 6) is 0.897. The van der Waals surface area contributed by atoms with Gasteiger partial charge in [-0.05, 0) is 25.5 Å². The number of ether oxygens (including phenoxy) is 2. The minimum absolute atomic E-state index is 0.0756. The number of rotatable bonds is 9. The first-order valence-corrected chi connectivity index (χ1v) is 7.19. The van der Waals surface area contributed by atoms with Gasteiger partial charge >= 0.3 is 0 Å². The van der Waals surface area contributed by atoms with E-state index in [0.29, 0.717) is 23.5 Å². The van der Waals surface area contributed by atoms with E-state index in [1.54, 1.807) is 6.07 Å². The molecule has 0 aliphatic rings. The van der Waals surface area contributed by atoms with Crippen molar-refractivity contribution in [1.29, 1.82) is 0 Å². The fourth-order valence-corrected chi connectivity index (χ4v) is 2.42. The Labute approximate surface area is 125 Å². The van der Waals surface area contributed by atoms with Gasteiger partial charge in [0, 0.05) is 11.6 Å². The van der Waals surface area contributed by atoms with Crippen molar-refractivity contribution in [3.63, 3.8) is 0 Å². The molecule has 1 atom stereocenters. The normalized spacial score (nSPS) is 12.0. The molecule has 21 heavy (non-hydrogen) atoms. The molecule has 1 N–H and O–H groups in total. The van der Waals surface area contributed by atoms with Crippen molar-refractivity contribution in [3.05, 3.63) is 27.8 Å². The Balaban J connectivity index is 3.15. The van der Waals surface area contributed by atoms with Crippen molar-refractivity contribution in [2.45, 2.75) is 39.2 Å². The predicted octanol–water partition coefficient (Wildman–Crippen LogP) is 2.93. The topological polar surface area (TPSA) is 73.6 Å². The molecule has 1 rings (SSSR count). The van der Waals surface area contributed by atoms with Gasteiger partial charge in [-0.25, -0.2) is 0 Å². The molecule has 1 unspecified atom stereocenters. The van der Waals surface area contributed by atoms with Crippen LogP contribution in [0.1, 0.15) is 32.3 Å². The van der Waals surface area contributed by atoms with Crippen molar-refractivity contribution < 1.29 is 14.4 Å². The zero-order valence-corrected chi connectivity index (χ0v) is 13.1. The average Bonchev–Trinajstić information content (AvgIpc) is 2.47. The first-order chi connectivity index (χ1) is 10.1. The van der Waals surface area contributed by atoms with Crippen LogP contribution in [0.3, 0.4) is 0 Å². The van der Waals surface area contributed by atoms with Gasteiger partial charge in [0.05, 0.1) is 25.2 Å². The number of nitro benzene ring substituents is 1. The maximum atomic E-state index is 11.3. The molecule has 0 heterocycles. The molecule has 0 fully saturated rings. The van der Waals surface area contributed by atoms with Crippen LogP contribution in [-0.2, 0) is 6.42 Å². The van der Waals surface area contributed by atoms with Crippen molar-refractivity contribution in [1.82, 2.24) is 5.32 Å². The Hall–Kier alpha value is -1.82. The third-order valence-electron chi connectivity index (χ3n) is 3.38. The smallest absolute Gasteiger partial charge is 0.276 e. The number of hydrogen-bond donors (Lipinski definition) is 1. The zero-order chi connectivity index (χ0) is 15.8. The molecule has 6 nitrogen and oxygen atoms in total. The minimum Gasteiger partial charge on any atom is -0.493 e. The van der Waals surface area contributed by atoms with Gasteiger partial charge in [-0.3, -0.25) is 10.1 Å². The van der Waals surface area contributed by atoms with Crippen molar-refractivity contribution in [2.24, 2.45) is 0 Å². The monoisotopic (exact) mass is 296 g/mol. The standard InChI is InChI=1S/C15H24N2O4/c1-5-7-12(16-6-2)8-11-9-14(20-3)15(21-4)10-13(11)17(18)19/h9-10,12,16H,5-8H2,1-4H3. The first kappa shape index (κ1) is 17.2. The Bertz CT molecular complexity index is 471. The molecule has 6 heteroatoms. The van der Waals surface area contributed by atoms with Gasteiger partial charge in [-0.1, -0.05) is 20.3 Å². The van der Waals surface area contributed by atoms with Crippen molar-refractivity contribution in [2.75, 3.05) is 20.8 Å². The number of nitrogens with one attached hydrogen (secondary N) is 1. The Kier molecular flexibility index (Phi) is 6.94. The molecule has 1 aromatic rings. The van der Waals surface area contributed by atoms with Crippen molar-refractivity contribution in [3.8, 4) is 11.5 Å². The summed E-state index contributed by atoms with van der Waals surface area (Å²) in [4.78, 5) is 10.9. The van der Waals surface area contributed by atoms with E-state index in [0.717, 1.165) is 19.4 Å². The van der Waals surface area contributed by atoms with Crippen LogP contribution in [0.2, 0.25) is 0 Å². The van der Waals surface area contributed by atoms with E-state index in [9.17, 15) is 10.1 Å². The lowest BCUT2D eigenvalue weighted by atomic mass is 10.00. The summed E-state index contributed by atoms with van der Waals surface area (Å²) in [7, 11) is 3.00. The molecule has 0 bridgehead atoms. The van der Waals surface area contributed by atoms with E-state index in [4.69, 9.17) is 9.47 Å². The highest BCUT2D eigenvalue weighted by atomic mass is 16.6. The van der Waals surface area contributed by atoms with Crippen molar-refractivity contribution >= 4 is 5.69 Å². The second kappa shape index (κ2) is 8.46. The van der Waals surface area contributed by atoms with E-state index in [1.165, 1.54) is 20.3 Å². The lowest BCUT2D eigenvalue weighted by Crippen LogP contribution is -2.31. The van der Waals surface area contributed by atoms with Gasteiger partial charge in [-0.15, -0.1) is 0 Å². The second-order valence-electron chi connectivity index (χ2n) is 4.84. The van der Waals surface area contributed by atoms with E-state index in [-0.39, 0.29) is 16.7 Å². The summed E-state index contributed by atoms with van der Waals surface area (Å²) >= 11 is 0. The SMILES string of the molecule is CCCC(Cc1cc(OC)c(OC)cc1[N+](=O)[O-])NCC. The molecule has 0 aliphatic carbocycles. The fourth-order valence-electron chi connectivity index (χ4n) is 2.42. The molecule has 1 aromatic carbocycles. The van der Waals surface area contributed by atoms with E-state index >= 15 is 0 Å². The Morgan fingerprint density at radius 2 is 1.86 bits per heavy atom.